The molecule has 5 nitrogen and oxygen atoms in total. The SMILES string of the molecule is C=C(O)C(C)=Nc1ccccc1N(C=O)C1CCN(C2CCCCCCC2)CC1. The highest BCUT2D eigenvalue weighted by Gasteiger charge is 2.29. The number of aliphatic hydroxyl groups excluding tert-OH is 1. The molecule has 0 aromatic heterocycles. The van der Waals surface area contributed by atoms with Crippen molar-refractivity contribution < 1.29 is 9.90 Å². The van der Waals surface area contributed by atoms with Crippen LogP contribution in [0.1, 0.15) is 64.7 Å². The van der Waals surface area contributed by atoms with E-state index in [-0.39, 0.29) is 11.8 Å². The van der Waals surface area contributed by atoms with Gasteiger partial charge in [0.15, 0.2) is 0 Å². The zero-order valence-corrected chi connectivity index (χ0v) is 17.7. The first-order valence-electron chi connectivity index (χ1n) is 11.1. The van der Waals surface area contributed by atoms with Gasteiger partial charge in [-0.1, -0.05) is 50.8 Å². The van der Waals surface area contributed by atoms with Gasteiger partial charge in [0.05, 0.1) is 17.1 Å². The van der Waals surface area contributed by atoms with Crippen molar-refractivity contribution in [1.29, 1.82) is 0 Å². The van der Waals surface area contributed by atoms with E-state index in [4.69, 9.17) is 0 Å². The first-order chi connectivity index (χ1) is 14.1. The number of likely N-dealkylation sites (tertiary alicyclic amines) is 1. The number of aliphatic imine (C=N–C) groups is 1. The molecule has 0 bridgehead atoms. The van der Waals surface area contributed by atoms with E-state index in [1.807, 2.05) is 29.2 Å². The number of carbonyl (C=O) groups is 1. The van der Waals surface area contributed by atoms with Gasteiger partial charge >= 0.3 is 0 Å². The van der Waals surface area contributed by atoms with E-state index in [0.29, 0.717) is 11.4 Å². The summed E-state index contributed by atoms with van der Waals surface area (Å²) < 4.78 is 0. The molecule has 0 spiro atoms. The van der Waals surface area contributed by atoms with E-state index in [0.717, 1.165) is 44.1 Å². The lowest BCUT2D eigenvalue weighted by atomic mass is 9.93. The van der Waals surface area contributed by atoms with Crippen molar-refractivity contribution in [2.75, 3.05) is 18.0 Å². The Morgan fingerprint density at radius 3 is 2.34 bits per heavy atom. The van der Waals surface area contributed by atoms with E-state index < -0.39 is 0 Å². The molecule has 1 amide bonds. The number of carbonyl (C=O) groups excluding carboxylic acids is 1. The van der Waals surface area contributed by atoms with Crippen molar-refractivity contribution in [3.8, 4) is 0 Å². The summed E-state index contributed by atoms with van der Waals surface area (Å²) in [6.45, 7) is 7.36. The Hall–Kier alpha value is -2.14. The summed E-state index contributed by atoms with van der Waals surface area (Å²) in [5.74, 6) is -0.0510. The van der Waals surface area contributed by atoms with E-state index in [1.54, 1.807) is 6.92 Å². The fourth-order valence-corrected chi connectivity index (χ4v) is 4.69. The molecule has 2 fully saturated rings. The third-order valence-corrected chi connectivity index (χ3v) is 6.46. The van der Waals surface area contributed by atoms with E-state index in [2.05, 4.69) is 16.5 Å². The van der Waals surface area contributed by atoms with Gasteiger partial charge < -0.3 is 14.9 Å². The van der Waals surface area contributed by atoms with Crippen LogP contribution >= 0.6 is 0 Å². The first kappa shape index (κ1) is 21.6. The average Bonchev–Trinajstić information content (AvgIpc) is 2.70. The molecule has 0 unspecified atom stereocenters. The topological polar surface area (TPSA) is 56.1 Å². The summed E-state index contributed by atoms with van der Waals surface area (Å²) in [6.07, 6.45) is 12.4. The van der Waals surface area contributed by atoms with Crippen LogP contribution in [0.25, 0.3) is 0 Å². The highest BCUT2D eigenvalue weighted by Crippen LogP contribution is 2.33. The smallest absolute Gasteiger partial charge is 0.214 e. The second-order valence-corrected chi connectivity index (χ2v) is 8.41. The van der Waals surface area contributed by atoms with Crippen LogP contribution in [0.5, 0.6) is 0 Å². The van der Waals surface area contributed by atoms with Crippen molar-refractivity contribution in [3.05, 3.63) is 36.6 Å². The fraction of sp³-hybridized carbons (Fsp3) is 0.583. The minimum atomic E-state index is -0.0510. The summed E-state index contributed by atoms with van der Waals surface area (Å²) in [5, 5.41) is 9.59. The predicted molar refractivity (Wildman–Crippen MR) is 120 cm³/mol. The maximum absolute atomic E-state index is 12.0. The fourth-order valence-electron chi connectivity index (χ4n) is 4.69. The van der Waals surface area contributed by atoms with Gasteiger partial charge in [0.25, 0.3) is 0 Å². The lowest BCUT2D eigenvalue weighted by Crippen LogP contribution is -2.48. The van der Waals surface area contributed by atoms with Crippen LogP contribution < -0.4 is 4.90 Å². The molecule has 0 radical (unpaired) electrons. The molecule has 1 aromatic rings. The standard InChI is InChI=1S/C24H35N3O2/c1-19(20(2)29)25-23-12-8-9-13-24(23)27(18-28)22-14-16-26(17-15-22)21-10-6-4-3-5-7-11-21/h8-9,12-13,18,21-22,29H,2-7,10-11,14-17H2,1H3. The molecule has 1 N–H and O–H groups in total. The minimum Gasteiger partial charge on any atom is -0.507 e. The van der Waals surface area contributed by atoms with Gasteiger partial charge in [-0.2, -0.15) is 0 Å². The Kier molecular flexibility index (Phi) is 7.87. The van der Waals surface area contributed by atoms with Gasteiger partial charge in [0.2, 0.25) is 6.41 Å². The number of piperidine rings is 1. The Bertz CT molecular complexity index is 715. The van der Waals surface area contributed by atoms with Crippen LogP contribution in [0.2, 0.25) is 0 Å². The van der Waals surface area contributed by atoms with Crippen LogP contribution in [0.15, 0.2) is 41.6 Å². The van der Waals surface area contributed by atoms with E-state index in [1.165, 1.54) is 44.9 Å². The summed E-state index contributed by atoms with van der Waals surface area (Å²) >= 11 is 0. The normalized spacial score (nSPS) is 20.7. The summed E-state index contributed by atoms with van der Waals surface area (Å²) in [6, 6.07) is 8.54. The number of benzene rings is 1. The minimum absolute atomic E-state index is 0.0510. The highest BCUT2D eigenvalue weighted by atomic mass is 16.3. The molecule has 2 aliphatic rings. The van der Waals surface area contributed by atoms with Gasteiger partial charge in [-0.05, 0) is 44.7 Å². The lowest BCUT2D eigenvalue weighted by Gasteiger charge is -2.41. The molecule has 0 atom stereocenters. The van der Waals surface area contributed by atoms with Crippen molar-refractivity contribution in [3.63, 3.8) is 0 Å². The second-order valence-electron chi connectivity index (χ2n) is 8.41. The highest BCUT2D eigenvalue weighted by molar-refractivity contribution is 5.98. The van der Waals surface area contributed by atoms with Crippen LogP contribution in [0.4, 0.5) is 11.4 Å². The Morgan fingerprint density at radius 1 is 1.10 bits per heavy atom. The summed E-state index contributed by atoms with van der Waals surface area (Å²) in [7, 11) is 0. The van der Waals surface area contributed by atoms with Crippen LogP contribution in [-0.4, -0.2) is 47.3 Å². The number of hydrogen-bond acceptors (Lipinski definition) is 4. The molecule has 29 heavy (non-hydrogen) atoms. The van der Waals surface area contributed by atoms with Gasteiger partial charge in [0, 0.05) is 25.2 Å². The number of aliphatic hydroxyl groups is 1. The molecule has 5 heteroatoms. The van der Waals surface area contributed by atoms with Gasteiger partial charge in [-0.3, -0.25) is 4.79 Å². The molecule has 1 saturated carbocycles. The summed E-state index contributed by atoms with van der Waals surface area (Å²) in [5.41, 5.74) is 1.95. The third-order valence-electron chi connectivity index (χ3n) is 6.46. The maximum atomic E-state index is 12.0. The van der Waals surface area contributed by atoms with Gasteiger partial charge in [-0.15, -0.1) is 0 Å². The zero-order valence-electron chi connectivity index (χ0n) is 17.7. The van der Waals surface area contributed by atoms with Crippen molar-refractivity contribution in [2.24, 2.45) is 4.99 Å². The number of nitrogens with zero attached hydrogens (tertiary/aromatic N) is 3. The molecule has 158 valence electrons. The first-order valence-corrected chi connectivity index (χ1v) is 11.1. The van der Waals surface area contributed by atoms with Crippen molar-refractivity contribution in [1.82, 2.24) is 4.90 Å². The molecule has 1 heterocycles. The average molecular weight is 398 g/mol. The van der Waals surface area contributed by atoms with Crippen LogP contribution in [0, 0.1) is 0 Å². The number of amides is 1. The quantitative estimate of drug-likeness (QED) is 0.398. The number of hydrogen-bond donors (Lipinski definition) is 1. The van der Waals surface area contributed by atoms with Gasteiger partial charge in [-0.25, -0.2) is 4.99 Å². The van der Waals surface area contributed by atoms with Crippen molar-refractivity contribution >= 4 is 23.5 Å². The molecule has 1 saturated heterocycles. The third kappa shape index (κ3) is 5.69. The van der Waals surface area contributed by atoms with Crippen LogP contribution in [0.3, 0.4) is 0 Å². The number of para-hydroxylation sites is 2. The second kappa shape index (κ2) is 10.6. The Balaban J connectivity index is 1.69. The number of rotatable bonds is 6. The molecule has 1 aliphatic heterocycles. The van der Waals surface area contributed by atoms with Crippen LogP contribution in [-0.2, 0) is 4.79 Å². The molecular formula is C24H35N3O2. The molecule has 3 rings (SSSR count). The predicted octanol–water partition coefficient (Wildman–Crippen LogP) is 5.39. The van der Waals surface area contributed by atoms with E-state index in [9.17, 15) is 9.90 Å². The molecule has 1 aromatic carbocycles. The molecule has 1 aliphatic carbocycles. The monoisotopic (exact) mass is 397 g/mol. The lowest BCUT2D eigenvalue weighted by molar-refractivity contribution is -0.108. The largest absolute Gasteiger partial charge is 0.507 e. The zero-order chi connectivity index (χ0) is 20.6. The maximum Gasteiger partial charge on any atom is 0.214 e. The molecular weight excluding hydrogens is 362 g/mol. The van der Waals surface area contributed by atoms with Gasteiger partial charge in [0.1, 0.15) is 5.76 Å². The number of anilines is 1. The Morgan fingerprint density at radius 2 is 1.72 bits per heavy atom. The Labute approximate surface area is 175 Å². The number of allylic oxidation sites excluding steroid dienone is 1. The summed E-state index contributed by atoms with van der Waals surface area (Å²) in [4.78, 5) is 21.0. The van der Waals surface area contributed by atoms with E-state index >= 15 is 0 Å². The van der Waals surface area contributed by atoms with Crippen molar-refractivity contribution in [2.45, 2.75) is 76.8 Å².